The number of anilines is 1. The smallest absolute Gasteiger partial charge is 0.287 e. The SMILES string of the molecule is Cn1ncc(NCCCCCCN)c(Cl)c1=O. The Morgan fingerprint density at radius 2 is 2.12 bits per heavy atom. The summed E-state index contributed by atoms with van der Waals surface area (Å²) in [6, 6.07) is 0. The molecule has 1 rings (SSSR count). The number of nitrogens with one attached hydrogen (secondary N) is 1. The Bertz CT molecular complexity index is 405. The van der Waals surface area contributed by atoms with E-state index in [1.54, 1.807) is 13.2 Å². The van der Waals surface area contributed by atoms with Crippen molar-refractivity contribution in [1.82, 2.24) is 9.78 Å². The van der Waals surface area contributed by atoms with Crippen LogP contribution in [0.15, 0.2) is 11.0 Å². The zero-order valence-corrected chi connectivity index (χ0v) is 10.8. The predicted octanol–water partition coefficient (Wildman–Crippen LogP) is 1.36. The fourth-order valence-corrected chi connectivity index (χ4v) is 1.72. The molecular weight excluding hydrogens is 240 g/mol. The van der Waals surface area contributed by atoms with E-state index in [0.717, 1.165) is 38.8 Å². The molecule has 1 aromatic rings. The van der Waals surface area contributed by atoms with E-state index in [4.69, 9.17) is 17.3 Å². The second kappa shape index (κ2) is 7.29. The van der Waals surface area contributed by atoms with Crippen molar-refractivity contribution in [3.8, 4) is 0 Å². The summed E-state index contributed by atoms with van der Waals surface area (Å²) in [5.74, 6) is 0. The molecule has 0 saturated heterocycles. The number of halogens is 1. The molecule has 0 atom stereocenters. The molecule has 96 valence electrons. The topological polar surface area (TPSA) is 72.9 Å². The predicted molar refractivity (Wildman–Crippen MR) is 70.5 cm³/mol. The van der Waals surface area contributed by atoms with Gasteiger partial charge in [0.1, 0.15) is 5.02 Å². The van der Waals surface area contributed by atoms with Crippen LogP contribution in [0.25, 0.3) is 0 Å². The van der Waals surface area contributed by atoms with Gasteiger partial charge in [-0.05, 0) is 19.4 Å². The van der Waals surface area contributed by atoms with Gasteiger partial charge in [0, 0.05) is 13.6 Å². The highest BCUT2D eigenvalue weighted by Crippen LogP contribution is 2.14. The van der Waals surface area contributed by atoms with E-state index in [0.29, 0.717) is 5.69 Å². The molecule has 17 heavy (non-hydrogen) atoms. The molecule has 0 aliphatic heterocycles. The number of nitrogens with two attached hydrogens (primary N) is 1. The minimum Gasteiger partial charge on any atom is -0.382 e. The number of nitrogens with zero attached hydrogens (tertiary/aromatic N) is 2. The van der Waals surface area contributed by atoms with Crippen molar-refractivity contribution in [2.75, 3.05) is 18.4 Å². The molecular formula is C11H19ClN4O. The number of rotatable bonds is 7. The summed E-state index contributed by atoms with van der Waals surface area (Å²) in [6.07, 6.45) is 5.93. The Labute approximate surface area is 106 Å². The highest BCUT2D eigenvalue weighted by atomic mass is 35.5. The average Bonchev–Trinajstić information content (AvgIpc) is 2.33. The molecule has 0 unspecified atom stereocenters. The first kappa shape index (κ1) is 14.0. The molecule has 0 fully saturated rings. The van der Waals surface area contributed by atoms with Gasteiger partial charge < -0.3 is 11.1 Å². The first-order valence-corrected chi connectivity index (χ1v) is 6.20. The molecule has 5 nitrogen and oxygen atoms in total. The van der Waals surface area contributed by atoms with Gasteiger partial charge in [0.2, 0.25) is 0 Å². The van der Waals surface area contributed by atoms with Gasteiger partial charge in [-0.3, -0.25) is 4.79 Å². The van der Waals surface area contributed by atoms with Crippen LogP contribution >= 0.6 is 11.6 Å². The maximum Gasteiger partial charge on any atom is 0.287 e. The summed E-state index contributed by atoms with van der Waals surface area (Å²) >= 11 is 5.91. The van der Waals surface area contributed by atoms with E-state index in [1.165, 1.54) is 4.68 Å². The summed E-state index contributed by atoms with van der Waals surface area (Å²) in [5, 5.41) is 7.23. The van der Waals surface area contributed by atoms with Crippen LogP contribution in [0.1, 0.15) is 25.7 Å². The van der Waals surface area contributed by atoms with E-state index in [-0.39, 0.29) is 10.6 Å². The van der Waals surface area contributed by atoms with Crippen molar-refractivity contribution in [2.45, 2.75) is 25.7 Å². The van der Waals surface area contributed by atoms with E-state index < -0.39 is 0 Å². The normalized spacial score (nSPS) is 10.5. The van der Waals surface area contributed by atoms with Crippen LogP contribution in [0.5, 0.6) is 0 Å². The average molecular weight is 259 g/mol. The fraction of sp³-hybridized carbons (Fsp3) is 0.636. The van der Waals surface area contributed by atoms with Crippen molar-refractivity contribution in [3.05, 3.63) is 21.6 Å². The minimum absolute atomic E-state index is 0.199. The first-order chi connectivity index (χ1) is 8.16. The van der Waals surface area contributed by atoms with Gasteiger partial charge in [0.15, 0.2) is 0 Å². The van der Waals surface area contributed by atoms with E-state index >= 15 is 0 Å². The van der Waals surface area contributed by atoms with Crippen LogP contribution in [0.2, 0.25) is 5.02 Å². The van der Waals surface area contributed by atoms with Gasteiger partial charge in [0.25, 0.3) is 5.56 Å². The lowest BCUT2D eigenvalue weighted by atomic mass is 10.2. The molecule has 0 aliphatic carbocycles. The third-order valence-electron chi connectivity index (χ3n) is 2.52. The molecule has 1 aromatic heterocycles. The number of aromatic nitrogens is 2. The second-order valence-electron chi connectivity index (χ2n) is 3.93. The van der Waals surface area contributed by atoms with Crippen molar-refractivity contribution < 1.29 is 0 Å². The maximum atomic E-state index is 11.5. The molecule has 0 bridgehead atoms. The van der Waals surface area contributed by atoms with Gasteiger partial charge >= 0.3 is 0 Å². The van der Waals surface area contributed by atoms with E-state index in [9.17, 15) is 4.79 Å². The van der Waals surface area contributed by atoms with Gasteiger partial charge in [0.05, 0.1) is 11.9 Å². The van der Waals surface area contributed by atoms with Crippen molar-refractivity contribution >= 4 is 17.3 Å². The largest absolute Gasteiger partial charge is 0.382 e. The summed E-state index contributed by atoms with van der Waals surface area (Å²) in [5.41, 5.74) is 5.73. The van der Waals surface area contributed by atoms with Crippen molar-refractivity contribution in [1.29, 1.82) is 0 Å². The fourth-order valence-electron chi connectivity index (χ4n) is 1.48. The molecule has 0 saturated carbocycles. The number of aryl methyl sites for hydroxylation is 1. The van der Waals surface area contributed by atoms with Crippen LogP contribution in [-0.2, 0) is 7.05 Å². The number of hydrogen-bond acceptors (Lipinski definition) is 4. The van der Waals surface area contributed by atoms with Crippen molar-refractivity contribution in [3.63, 3.8) is 0 Å². The quantitative estimate of drug-likeness (QED) is 0.725. The number of hydrogen-bond donors (Lipinski definition) is 2. The molecule has 0 aromatic carbocycles. The lowest BCUT2D eigenvalue weighted by Gasteiger charge is -2.08. The molecule has 0 amide bonds. The minimum atomic E-state index is -0.278. The second-order valence-corrected chi connectivity index (χ2v) is 4.31. The molecule has 0 spiro atoms. The lowest BCUT2D eigenvalue weighted by Crippen LogP contribution is -2.21. The van der Waals surface area contributed by atoms with Crippen molar-refractivity contribution in [2.24, 2.45) is 12.8 Å². The maximum absolute atomic E-state index is 11.5. The monoisotopic (exact) mass is 258 g/mol. The molecule has 0 radical (unpaired) electrons. The van der Waals surface area contributed by atoms with Crippen LogP contribution in [0, 0.1) is 0 Å². The summed E-state index contributed by atoms with van der Waals surface area (Å²) in [6.45, 7) is 1.54. The summed E-state index contributed by atoms with van der Waals surface area (Å²) in [4.78, 5) is 11.5. The third kappa shape index (κ3) is 4.36. The Balaban J connectivity index is 2.37. The summed E-state index contributed by atoms with van der Waals surface area (Å²) in [7, 11) is 1.57. The Morgan fingerprint density at radius 1 is 1.41 bits per heavy atom. The van der Waals surface area contributed by atoms with Crippen LogP contribution < -0.4 is 16.6 Å². The molecule has 1 heterocycles. The van der Waals surface area contributed by atoms with Crippen LogP contribution in [0.4, 0.5) is 5.69 Å². The summed E-state index contributed by atoms with van der Waals surface area (Å²) < 4.78 is 1.22. The van der Waals surface area contributed by atoms with E-state index in [2.05, 4.69) is 10.4 Å². The molecule has 6 heteroatoms. The third-order valence-corrected chi connectivity index (χ3v) is 2.89. The standard InChI is InChI=1S/C11H19ClN4O/c1-16-11(17)10(12)9(8-15-16)14-7-5-3-2-4-6-13/h8,14H,2-7,13H2,1H3. The zero-order chi connectivity index (χ0) is 12.7. The molecule has 0 aliphatic rings. The van der Waals surface area contributed by atoms with Gasteiger partial charge in [-0.25, -0.2) is 4.68 Å². The van der Waals surface area contributed by atoms with Gasteiger partial charge in [-0.15, -0.1) is 0 Å². The lowest BCUT2D eigenvalue weighted by molar-refractivity contribution is 0.660. The van der Waals surface area contributed by atoms with E-state index in [1.807, 2.05) is 0 Å². The van der Waals surface area contributed by atoms with Gasteiger partial charge in [-0.1, -0.05) is 24.4 Å². The highest BCUT2D eigenvalue weighted by molar-refractivity contribution is 6.32. The van der Waals surface area contributed by atoms with Crippen LogP contribution in [-0.4, -0.2) is 22.9 Å². The van der Waals surface area contributed by atoms with Crippen LogP contribution in [0.3, 0.4) is 0 Å². The molecule has 3 N–H and O–H groups in total. The zero-order valence-electron chi connectivity index (χ0n) is 10.1. The van der Waals surface area contributed by atoms with Gasteiger partial charge in [-0.2, -0.15) is 5.10 Å². The number of unbranched alkanes of at least 4 members (excludes halogenated alkanes) is 3. The Morgan fingerprint density at radius 3 is 2.82 bits per heavy atom. The first-order valence-electron chi connectivity index (χ1n) is 5.82. The Kier molecular flexibility index (Phi) is 6.00. The Hall–Kier alpha value is -1.07. The highest BCUT2D eigenvalue weighted by Gasteiger charge is 2.05.